The number of hydrogen-bond donors (Lipinski definition) is 0. The van der Waals surface area contributed by atoms with Gasteiger partial charge in [-0.3, -0.25) is 0 Å². The van der Waals surface area contributed by atoms with Crippen LogP contribution in [0.25, 0.3) is 132 Å². The van der Waals surface area contributed by atoms with E-state index < -0.39 is 0 Å². The van der Waals surface area contributed by atoms with E-state index in [1.54, 1.807) is 0 Å². The first kappa shape index (κ1) is 38.4. The summed E-state index contributed by atoms with van der Waals surface area (Å²) in [5.41, 5.74) is 12.8. The van der Waals surface area contributed by atoms with Gasteiger partial charge in [-0.25, -0.2) is 15.0 Å². The lowest BCUT2D eigenvalue weighted by Crippen LogP contribution is -2.14. The van der Waals surface area contributed by atoms with Gasteiger partial charge in [-0.1, -0.05) is 152 Å². The molecule has 0 N–H and O–H groups in total. The summed E-state index contributed by atoms with van der Waals surface area (Å²) in [6, 6.07) is 65.1. The minimum Gasteiger partial charge on any atom is -0.456 e. The van der Waals surface area contributed by atoms with E-state index in [0.717, 1.165) is 67.3 Å². The molecule has 0 radical (unpaired) electrons. The van der Waals surface area contributed by atoms with Crippen molar-refractivity contribution in [2.75, 3.05) is 0 Å². The van der Waals surface area contributed by atoms with Crippen LogP contribution in [-0.4, -0.2) is 19.5 Å². The summed E-state index contributed by atoms with van der Waals surface area (Å²) < 4.78 is 12.0. The van der Waals surface area contributed by atoms with Gasteiger partial charge in [-0.15, -0.1) is 11.3 Å². The molecular weight excluding hydrogens is 861 g/mol. The zero-order chi connectivity index (χ0) is 45.2. The van der Waals surface area contributed by atoms with E-state index in [1.165, 1.54) is 64.1 Å². The van der Waals surface area contributed by atoms with Crippen LogP contribution in [-0.2, 0) is 6.42 Å². The fourth-order valence-electron chi connectivity index (χ4n) is 11.1. The number of rotatable bonds is 5. The molecule has 0 bridgehead atoms. The lowest BCUT2D eigenvalue weighted by molar-refractivity contribution is 0.668. The van der Waals surface area contributed by atoms with Gasteiger partial charge in [0, 0.05) is 81.8 Å². The lowest BCUT2D eigenvalue weighted by atomic mass is 9.83. The number of hydrogen-bond acceptors (Lipinski definition) is 5. The highest BCUT2D eigenvalue weighted by molar-refractivity contribution is 7.25. The molecule has 322 valence electrons. The van der Waals surface area contributed by atoms with Gasteiger partial charge in [-0.2, -0.15) is 0 Å². The fourth-order valence-corrected chi connectivity index (χ4v) is 12.2. The van der Waals surface area contributed by atoms with Crippen molar-refractivity contribution in [3.63, 3.8) is 0 Å². The quantitative estimate of drug-likeness (QED) is 0.173. The normalized spacial score (nSPS) is 14.4. The van der Waals surface area contributed by atoms with Crippen molar-refractivity contribution in [1.29, 1.82) is 0 Å². The molecule has 5 nitrogen and oxygen atoms in total. The molecule has 4 aromatic heterocycles. The Balaban J connectivity index is 0.984. The van der Waals surface area contributed by atoms with Gasteiger partial charge in [0.1, 0.15) is 11.2 Å². The summed E-state index contributed by atoms with van der Waals surface area (Å²) in [5.74, 6) is 2.12. The van der Waals surface area contributed by atoms with Crippen molar-refractivity contribution in [2.24, 2.45) is 5.92 Å². The second-order valence-corrected chi connectivity index (χ2v) is 19.3. The van der Waals surface area contributed by atoms with Gasteiger partial charge in [0.15, 0.2) is 17.5 Å². The highest BCUT2D eigenvalue weighted by Gasteiger charge is 2.29. The van der Waals surface area contributed by atoms with Gasteiger partial charge >= 0.3 is 0 Å². The molecule has 2 aliphatic carbocycles. The molecule has 0 spiro atoms. The van der Waals surface area contributed by atoms with Crippen molar-refractivity contribution in [2.45, 2.75) is 6.42 Å². The van der Waals surface area contributed by atoms with Crippen molar-refractivity contribution < 1.29 is 4.42 Å². The molecule has 69 heavy (non-hydrogen) atoms. The van der Waals surface area contributed by atoms with Crippen LogP contribution in [0.15, 0.2) is 216 Å². The minimum absolute atomic E-state index is 0.297. The first-order chi connectivity index (χ1) is 34.2. The van der Waals surface area contributed by atoms with Crippen molar-refractivity contribution >= 4 is 92.0 Å². The number of fused-ring (bicyclic) bond motifs is 13. The lowest BCUT2D eigenvalue weighted by Gasteiger charge is -2.24. The van der Waals surface area contributed by atoms with Gasteiger partial charge < -0.3 is 8.98 Å². The number of benzene rings is 9. The van der Waals surface area contributed by atoms with E-state index >= 15 is 0 Å². The highest BCUT2D eigenvalue weighted by atomic mass is 32.1. The van der Waals surface area contributed by atoms with Crippen LogP contribution in [0.5, 0.6) is 0 Å². The topological polar surface area (TPSA) is 56.7 Å². The maximum Gasteiger partial charge on any atom is 0.164 e. The maximum absolute atomic E-state index is 7.00. The molecule has 1 atom stereocenters. The molecule has 6 heteroatoms. The highest BCUT2D eigenvalue weighted by Crippen LogP contribution is 2.47. The van der Waals surface area contributed by atoms with E-state index in [9.17, 15) is 0 Å². The van der Waals surface area contributed by atoms with Gasteiger partial charge in [-0.05, 0) is 93.7 Å². The van der Waals surface area contributed by atoms with E-state index in [-0.39, 0.29) is 0 Å². The molecule has 0 fully saturated rings. The number of aromatic nitrogens is 4. The Morgan fingerprint density at radius 3 is 2.13 bits per heavy atom. The number of nitrogens with zero attached hydrogens (tertiary/aromatic N) is 4. The molecule has 13 aromatic rings. The Kier molecular flexibility index (Phi) is 8.29. The number of thiophene rings is 1. The van der Waals surface area contributed by atoms with Crippen LogP contribution in [0, 0.1) is 5.92 Å². The summed E-state index contributed by atoms with van der Waals surface area (Å²) in [6.07, 6.45) is 12.3. The molecule has 0 aliphatic heterocycles. The predicted octanol–water partition coefficient (Wildman–Crippen LogP) is 16.7. The first-order valence-corrected chi connectivity index (χ1v) is 24.3. The average molecular weight is 899 g/mol. The zero-order valence-electron chi connectivity index (χ0n) is 37.1. The van der Waals surface area contributed by atoms with Crippen LogP contribution < -0.4 is 0 Å². The van der Waals surface area contributed by atoms with Crippen molar-refractivity contribution in [3.8, 4) is 51.0 Å². The summed E-state index contributed by atoms with van der Waals surface area (Å²) in [5, 5.41) is 10.5. The van der Waals surface area contributed by atoms with Crippen LogP contribution in [0.1, 0.15) is 11.3 Å². The first-order valence-electron chi connectivity index (χ1n) is 23.5. The van der Waals surface area contributed by atoms with Crippen LogP contribution in [0.4, 0.5) is 0 Å². The van der Waals surface area contributed by atoms with Gasteiger partial charge in [0.2, 0.25) is 0 Å². The molecule has 15 rings (SSSR count). The Hall–Kier alpha value is -8.71. The van der Waals surface area contributed by atoms with Crippen LogP contribution >= 0.6 is 11.3 Å². The Morgan fingerprint density at radius 1 is 0.493 bits per heavy atom. The van der Waals surface area contributed by atoms with Gasteiger partial charge in [0.25, 0.3) is 0 Å². The van der Waals surface area contributed by atoms with Crippen molar-refractivity contribution in [3.05, 3.63) is 223 Å². The Morgan fingerprint density at radius 2 is 1.23 bits per heavy atom. The molecule has 0 amide bonds. The molecule has 4 heterocycles. The van der Waals surface area contributed by atoms with E-state index in [2.05, 4.69) is 217 Å². The number of allylic oxidation sites excluding steroid dienone is 5. The third-order valence-electron chi connectivity index (χ3n) is 14.4. The second kappa shape index (κ2) is 14.9. The zero-order valence-corrected chi connectivity index (χ0v) is 37.9. The number of furan rings is 1. The average Bonchev–Trinajstić information content (AvgIpc) is 4.08. The molecular formula is C63H38N4OS. The standard InChI is InChI=1S/C63H38N4OS/c1-2-14-38(15-3-1)48-35-51-56(36-54(48)67-52-29-27-39-16-8-9-20-45(39)59(52)50-32-41-18-6-7-19-42(41)34-53(50)67)68-55-23-12-22-47(60(51)55)63-65-61(43-26-25-37-13-4-5-17-40(37)31-43)64-62(66-63)44-28-30-58-49(33-44)46-21-10-11-24-57(46)69-58/h1-33,35-36,42H,34H2. The largest absolute Gasteiger partial charge is 0.456 e. The molecule has 0 saturated carbocycles. The summed E-state index contributed by atoms with van der Waals surface area (Å²) in [7, 11) is 0. The van der Waals surface area contributed by atoms with Crippen LogP contribution in [0.2, 0.25) is 0 Å². The monoisotopic (exact) mass is 898 g/mol. The van der Waals surface area contributed by atoms with E-state index in [4.69, 9.17) is 19.4 Å². The van der Waals surface area contributed by atoms with Crippen LogP contribution in [0.3, 0.4) is 0 Å². The summed E-state index contributed by atoms with van der Waals surface area (Å²) in [4.78, 5) is 16.0. The van der Waals surface area contributed by atoms with E-state index in [1.807, 2.05) is 11.3 Å². The SMILES string of the molecule is C1=CC2=Cc3c(n(-c4cc5oc6cccc(-c7nc(-c8ccc9ccccc9c8)nc(-c8ccc9sc%10ccccc%10c9c8)n7)c6c5cc4-c4ccccc4)c4ccc5ccccc5c34)CC2C=C1. The fraction of sp³-hybridized carbons (Fsp3) is 0.0317. The van der Waals surface area contributed by atoms with Gasteiger partial charge in [0.05, 0.1) is 11.2 Å². The molecule has 0 saturated heterocycles. The minimum atomic E-state index is 0.297. The smallest absolute Gasteiger partial charge is 0.164 e. The Labute approximate surface area is 400 Å². The molecule has 2 aliphatic rings. The summed E-state index contributed by atoms with van der Waals surface area (Å²) in [6.45, 7) is 0. The maximum atomic E-state index is 7.00. The summed E-state index contributed by atoms with van der Waals surface area (Å²) >= 11 is 1.81. The Bertz CT molecular complexity index is 4410. The third-order valence-corrected chi connectivity index (χ3v) is 15.5. The molecule has 9 aromatic carbocycles. The second-order valence-electron chi connectivity index (χ2n) is 18.3. The van der Waals surface area contributed by atoms with Crippen molar-refractivity contribution in [1.82, 2.24) is 19.5 Å². The van der Waals surface area contributed by atoms with E-state index in [0.29, 0.717) is 23.4 Å². The molecule has 1 unspecified atom stereocenters. The third kappa shape index (κ3) is 5.99. The predicted molar refractivity (Wildman–Crippen MR) is 287 cm³/mol.